The molecule has 0 rings (SSSR count). The normalized spacial score (nSPS) is 8.62. The maximum Gasteiger partial charge on any atom is 0.438 e. The number of rotatable bonds is 2. The molecule has 0 aromatic rings. The summed E-state index contributed by atoms with van der Waals surface area (Å²) >= 11 is 0. The Labute approximate surface area is 50.5 Å². The first-order valence-corrected chi connectivity index (χ1v) is 3.73. The summed E-state index contributed by atoms with van der Waals surface area (Å²) in [4.78, 5) is 18.6. The predicted molar refractivity (Wildman–Crippen MR) is 31.4 cm³/mol. The molecule has 0 aromatic heterocycles. The summed E-state index contributed by atoms with van der Waals surface area (Å²) in [7, 11) is 2.34. The molecule has 4 nitrogen and oxygen atoms in total. The topological polar surface area (TPSA) is 47.6 Å². The summed E-state index contributed by atoms with van der Waals surface area (Å²) in [5.41, 5.74) is 0. The molecule has 0 unspecified atom stereocenters. The zero-order valence-electron chi connectivity index (χ0n) is 4.93. The smallest absolute Gasteiger partial charge is 0.322 e. The molecule has 0 heterocycles. The van der Waals surface area contributed by atoms with E-state index in [1.807, 2.05) is 0 Å². The molecular formula is C3H9NO3Si. The van der Waals surface area contributed by atoms with Crippen LogP contribution in [0, 0.1) is 0 Å². The van der Waals surface area contributed by atoms with Crippen LogP contribution in [-0.2, 0) is 9.78 Å². The Bertz CT molecular complexity index is 76.9. The standard InChI is InChI=1S/C3H9NO3Si/c1-4-3(5)7-6-2-8/h2H2,1,8H3,(H,4,5). The number of hydrogen-bond acceptors (Lipinski definition) is 3. The van der Waals surface area contributed by atoms with Gasteiger partial charge in [0.25, 0.3) is 0 Å². The van der Waals surface area contributed by atoms with Crippen molar-refractivity contribution in [2.24, 2.45) is 0 Å². The van der Waals surface area contributed by atoms with E-state index in [4.69, 9.17) is 0 Å². The monoisotopic (exact) mass is 135 g/mol. The molecule has 1 amide bonds. The summed E-state index contributed by atoms with van der Waals surface area (Å²) in [5, 5.41) is 2.23. The largest absolute Gasteiger partial charge is 0.438 e. The minimum Gasteiger partial charge on any atom is -0.322 e. The van der Waals surface area contributed by atoms with Gasteiger partial charge in [-0.3, -0.25) is 4.89 Å². The van der Waals surface area contributed by atoms with Crippen molar-refractivity contribution in [3.63, 3.8) is 0 Å². The van der Waals surface area contributed by atoms with Gasteiger partial charge < -0.3 is 5.32 Å². The summed E-state index contributed by atoms with van der Waals surface area (Å²) in [5.74, 6) is 0. The van der Waals surface area contributed by atoms with Gasteiger partial charge in [-0.1, -0.05) is 0 Å². The van der Waals surface area contributed by atoms with E-state index in [0.29, 0.717) is 6.23 Å². The molecule has 0 fully saturated rings. The molecule has 8 heavy (non-hydrogen) atoms. The van der Waals surface area contributed by atoms with Gasteiger partial charge in [0.15, 0.2) is 0 Å². The molecule has 0 radical (unpaired) electrons. The fraction of sp³-hybridized carbons (Fsp3) is 0.667. The maximum absolute atomic E-state index is 10.1. The van der Waals surface area contributed by atoms with Crippen molar-refractivity contribution >= 4 is 16.3 Å². The molecule has 5 heteroatoms. The van der Waals surface area contributed by atoms with Gasteiger partial charge in [0.1, 0.15) is 0 Å². The van der Waals surface area contributed by atoms with Gasteiger partial charge in [0.2, 0.25) is 0 Å². The first-order valence-electron chi connectivity index (χ1n) is 2.32. The van der Waals surface area contributed by atoms with Gasteiger partial charge in [0.05, 0.1) is 6.23 Å². The molecule has 48 valence electrons. The Kier molecular flexibility index (Phi) is 4.28. The average molecular weight is 135 g/mol. The van der Waals surface area contributed by atoms with Crippen molar-refractivity contribution in [3.05, 3.63) is 0 Å². The number of nitrogens with one attached hydrogen (secondary N) is 1. The second-order valence-corrected chi connectivity index (χ2v) is 1.60. The highest BCUT2D eigenvalue weighted by Crippen LogP contribution is 1.74. The lowest BCUT2D eigenvalue weighted by molar-refractivity contribution is -0.221. The Balaban J connectivity index is 2.99. The van der Waals surface area contributed by atoms with Crippen LogP contribution in [0.1, 0.15) is 0 Å². The lowest BCUT2D eigenvalue weighted by Gasteiger charge is -1.97. The highest BCUT2D eigenvalue weighted by atomic mass is 28.1. The van der Waals surface area contributed by atoms with E-state index in [1.54, 1.807) is 0 Å². The quantitative estimate of drug-likeness (QED) is 0.288. The highest BCUT2D eigenvalue weighted by molar-refractivity contribution is 6.08. The third kappa shape index (κ3) is 3.63. The minimum atomic E-state index is -0.555. The number of carbonyl (C=O) groups is 1. The van der Waals surface area contributed by atoms with Crippen LogP contribution < -0.4 is 5.32 Å². The van der Waals surface area contributed by atoms with Crippen LogP contribution in [-0.4, -0.2) is 29.6 Å². The van der Waals surface area contributed by atoms with Crippen molar-refractivity contribution in [2.45, 2.75) is 0 Å². The molecule has 1 N–H and O–H groups in total. The van der Waals surface area contributed by atoms with Crippen LogP contribution in [0.2, 0.25) is 0 Å². The Morgan fingerprint density at radius 2 is 2.50 bits per heavy atom. The van der Waals surface area contributed by atoms with E-state index in [0.717, 1.165) is 10.2 Å². The molecular weight excluding hydrogens is 126 g/mol. The van der Waals surface area contributed by atoms with Gasteiger partial charge in [-0.15, -0.1) is 0 Å². The third-order valence-electron chi connectivity index (χ3n) is 0.457. The fourth-order valence-electron chi connectivity index (χ4n) is 0.154. The van der Waals surface area contributed by atoms with Gasteiger partial charge in [-0.05, 0) is 0 Å². The molecule has 0 aromatic carbocycles. The van der Waals surface area contributed by atoms with Crippen LogP contribution in [0.4, 0.5) is 4.79 Å². The molecule has 0 atom stereocenters. The Hall–Kier alpha value is -0.553. The molecule has 0 saturated heterocycles. The van der Waals surface area contributed by atoms with Crippen LogP contribution in [0.15, 0.2) is 0 Å². The fourth-order valence-corrected chi connectivity index (χ4v) is 0.272. The summed E-state index contributed by atoms with van der Waals surface area (Å²) in [6.07, 6.45) is -0.0474. The van der Waals surface area contributed by atoms with Crippen molar-refractivity contribution in [1.29, 1.82) is 0 Å². The van der Waals surface area contributed by atoms with E-state index in [1.165, 1.54) is 7.05 Å². The molecule has 0 aliphatic heterocycles. The number of carbonyl (C=O) groups excluding carboxylic acids is 1. The lowest BCUT2D eigenvalue weighted by Crippen LogP contribution is -2.19. The highest BCUT2D eigenvalue weighted by Gasteiger charge is 1.93. The number of amides is 1. The van der Waals surface area contributed by atoms with Gasteiger partial charge >= 0.3 is 6.09 Å². The molecule has 0 aliphatic rings. The Morgan fingerprint density at radius 1 is 1.88 bits per heavy atom. The van der Waals surface area contributed by atoms with E-state index >= 15 is 0 Å². The number of hydrogen-bond donors (Lipinski definition) is 1. The zero-order chi connectivity index (χ0) is 6.41. The molecule has 0 spiro atoms. The van der Waals surface area contributed by atoms with Crippen LogP contribution in [0.3, 0.4) is 0 Å². The van der Waals surface area contributed by atoms with E-state index in [2.05, 4.69) is 15.1 Å². The maximum atomic E-state index is 10.1. The molecule has 0 saturated carbocycles. The van der Waals surface area contributed by atoms with Crippen molar-refractivity contribution in [3.8, 4) is 0 Å². The van der Waals surface area contributed by atoms with Gasteiger partial charge in [-0.25, -0.2) is 4.79 Å². The Morgan fingerprint density at radius 3 is 2.88 bits per heavy atom. The van der Waals surface area contributed by atoms with Crippen LogP contribution >= 0.6 is 0 Å². The van der Waals surface area contributed by atoms with Crippen LogP contribution in [0.25, 0.3) is 0 Å². The average Bonchev–Trinajstić information content (AvgIpc) is 1.83. The summed E-state index contributed by atoms with van der Waals surface area (Å²) in [6, 6.07) is 0. The van der Waals surface area contributed by atoms with Crippen LogP contribution in [0.5, 0.6) is 0 Å². The van der Waals surface area contributed by atoms with Crippen molar-refractivity contribution in [2.75, 3.05) is 13.3 Å². The minimum absolute atomic E-state index is 0.507. The lowest BCUT2D eigenvalue weighted by atomic mass is 11.1. The van der Waals surface area contributed by atoms with E-state index in [9.17, 15) is 4.79 Å². The third-order valence-corrected chi connectivity index (χ3v) is 0.692. The second kappa shape index (κ2) is 4.60. The van der Waals surface area contributed by atoms with Gasteiger partial charge in [0, 0.05) is 17.3 Å². The van der Waals surface area contributed by atoms with Crippen molar-refractivity contribution in [1.82, 2.24) is 5.32 Å². The molecule has 0 bridgehead atoms. The van der Waals surface area contributed by atoms with Gasteiger partial charge in [-0.2, -0.15) is 4.89 Å². The zero-order valence-corrected chi connectivity index (χ0v) is 6.93. The SMILES string of the molecule is CNC(=O)OOC[SiH3]. The first kappa shape index (κ1) is 7.45. The van der Waals surface area contributed by atoms with Crippen molar-refractivity contribution < 1.29 is 14.6 Å². The first-order chi connectivity index (χ1) is 3.81. The van der Waals surface area contributed by atoms with E-state index < -0.39 is 6.09 Å². The van der Waals surface area contributed by atoms with E-state index in [-0.39, 0.29) is 0 Å². The second-order valence-electron chi connectivity index (χ2n) is 1.03. The predicted octanol–water partition coefficient (Wildman–Crippen LogP) is -1.40. The molecule has 0 aliphatic carbocycles. The summed E-state index contributed by atoms with van der Waals surface area (Å²) < 4.78 is 0. The summed E-state index contributed by atoms with van der Waals surface area (Å²) in [6.45, 7) is 0.